The maximum Gasteiger partial charge on any atom is 0.123 e. The zero-order valence-corrected chi connectivity index (χ0v) is 14.9. The second-order valence-electron chi connectivity index (χ2n) is 5.59. The number of aryl methyl sites for hydroxylation is 1. The van der Waals surface area contributed by atoms with Crippen LogP contribution >= 0.6 is 11.9 Å². The molecular formula is C19H25N3OS. The third kappa shape index (κ3) is 6.26. The van der Waals surface area contributed by atoms with Gasteiger partial charge in [-0.2, -0.15) is 0 Å². The Morgan fingerprint density at radius 2 is 1.92 bits per heavy atom. The molecule has 0 amide bonds. The van der Waals surface area contributed by atoms with E-state index in [0.717, 1.165) is 29.9 Å². The summed E-state index contributed by atoms with van der Waals surface area (Å²) >= 11 is 1.44. The summed E-state index contributed by atoms with van der Waals surface area (Å²) < 4.78 is 10.0. The van der Waals surface area contributed by atoms with Crippen LogP contribution in [0.15, 0.2) is 52.9 Å². The van der Waals surface area contributed by atoms with E-state index >= 15 is 0 Å². The molecule has 0 aromatic heterocycles. The Labute approximate surface area is 148 Å². The number of ether oxygens (including phenoxy) is 1. The van der Waals surface area contributed by atoms with Crippen LogP contribution in [0.3, 0.4) is 0 Å². The molecule has 0 radical (unpaired) electrons. The zero-order valence-electron chi connectivity index (χ0n) is 14.1. The van der Waals surface area contributed by atoms with Gasteiger partial charge in [-0.05, 0) is 55.0 Å². The normalized spacial score (nSPS) is 11.5. The Hall–Kier alpha value is -1.98. The smallest absolute Gasteiger partial charge is 0.123 e. The van der Waals surface area contributed by atoms with Gasteiger partial charge in [-0.3, -0.25) is 0 Å². The summed E-state index contributed by atoms with van der Waals surface area (Å²) in [7, 11) is 0. The van der Waals surface area contributed by atoms with E-state index in [0.29, 0.717) is 19.0 Å². The van der Waals surface area contributed by atoms with Crippen molar-refractivity contribution in [2.24, 2.45) is 15.9 Å². The van der Waals surface area contributed by atoms with E-state index in [1.54, 1.807) is 6.92 Å². The van der Waals surface area contributed by atoms with E-state index < -0.39 is 0 Å². The second-order valence-corrected chi connectivity index (χ2v) is 6.32. The maximum atomic E-state index is 5.91. The van der Waals surface area contributed by atoms with Gasteiger partial charge in [-0.25, -0.2) is 4.40 Å². The van der Waals surface area contributed by atoms with E-state index in [9.17, 15) is 0 Å². The molecule has 0 spiro atoms. The van der Waals surface area contributed by atoms with Crippen LogP contribution in [0.5, 0.6) is 5.75 Å². The fraction of sp³-hybridized carbons (Fsp3) is 0.316. The molecule has 0 heterocycles. The summed E-state index contributed by atoms with van der Waals surface area (Å²) in [6.45, 7) is 2.93. The van der Waals surface area contributed by atoms with Gasteiger partial charge in [0.1, 0.15) is 11.6 Å². The molecule has 128 valence electrons. The minimum Gasteiger partial charge on any atom is -0.493 e. The summed E-state index contributed by atoms with van der Waals surface area (Å²) in [5, 5.41) is 0. The van der Waals surface area contributed by atoms with Gasteiger partial charge in [0.15, 0.2) is 0 Å². The van der Waals surface area contributed by atoms with Crippen molar-refractivity contribution in [1.82, 2.24) is 0 Å². The molecule has 0 bridgehead atoms. The Bertz CT molecular complexity index is 655. The molecule has 0 aliphatic carbocycles. The number of benzene rings is 2. The third-order valence-electron chi connectivity index (χ3n) is 3.49. The molecule has 0 fully saturated rings. The van der Waals surface area contributed by atoms with Crippen LogP contribution in [0.1, 0.15) is 30.0 Å². The second kappa shape index (κ2) is 10.0. The van der Waals surface area contributed by atoms with Crippen LogP contribution in [-0.2, 0) is 18.7 Å². The number of nitrogens with two attached hydrogens (primary N) is 2. The highest BCUT2D eigenvalue weighted by atomic mass is 32.2. The Morgan fingerprint density at radius 1 is 1.12 bits per heavy atom. The van der Waals surface area contributed by atoms with Gasteiger partial charge in [-0.15, -0.1) is 0 Å². The molecule has 4 N–H and O–H groups in total. The van der Waals surface area contributed by atoms with Gasteiger partial charge in [0.2, 0.25) is 0 Å². The molecule has 0 saturated heterocycles. The van der Waals surface area contributed by atoms with Crippen LogP contribution in [-0.4, -0.2) is 12.4 Å². The number of nitrogens with zero attached hydrogens (tertiary/aromatic N) is 1. The molecule has 4 nitrogen and oxygen atoms in total. The lowest BCUT2D eigenvalue weighted by atomic mass is 10.1. The lowest BCUT2D eigenvalue weighted by Crippen LogP contribution is -2.05. The van der Waals surface area contributed by atoms with Crippen molar-refractivity contribution in [2.45, 2.75) is 32.1 Å². The predicted octanol–water partition coefficient (Wildman–Crippen LogP) is 3.68. The molecule has 2 rings (SSSR count). The standard InChI is InChI=1S/C19H25N3OS/c1-15(21)22-24-14-17-9-10-19(18(12-17)13-20)23-11-5-8-16-6-3-2-4-7-16/h2-4,6-7,9-10,12H,5,8,11,13-14,20H2,1H3,(H2,21,22). The first-order valence-electron chi connectivity index (χ1n) is 8.09. The number of hydrogen-bond donors (Lipinski definition) is 2. The van der Waals surface area contributed by atoms with E-state index in [1.807, 2.05) is 12.1 Å². The molecule has 0 aliphatic rings. The van der Waals surface area contributed by atoms with Crippen LogP contribution in [0, 0.1) is 0 Å². The maximum absolute atomic E-state index is 5.91. The topological polar surface area (TPSA) is 73.6 Å². The van der Waals surface area contributed by atoms with Crippen molar-refractivity contribution in [3.63, 3.8) is 0 Å². The molecule has 2 aromatic rings. The Morgan fingerprint density at radius 3 is 2.62 bits per heavy atom. The van der Waals surface area contributed by atoms with Crippen molar-refractivity contribution in [2.75, 3.05) is 6.61 Å². The lowest BCUT2D eigenvalue weighted by Gasteiger charge is -2.12. The van der Waals surface area contributed by atoms with Crippen molar-refractivity contribution in [3.05, 3.63) is 65.2 Å². The first kappa shape index (κ1) is 18.4. The molecule has 0 atom stereocenters. The summed E-state index contributed by atoms with van der Waals surface area (Å²) in [5.41, 5.74) is 14.9. The van der Waals surface area contributed by atoms with Crippen LogP contribution < -0.4 is 16.2 Å². The number of hydrogen-bond acceptors (Lipinski definition) is 4. The van der Waals surface area contributed by atoms with Gasteiger partial charge in [0.05, 0.1) is 6.61 Å². The van der Waals surface area contributed by atoms with Gasteiger partial charge >= 0.3 is 0 Å². The van der Waals surface area contributed by atoms with Gasteiger partial charge in [-0.1, -0.05) is 36.4 Å². The lowest BCUT2D eigenvalue weighted by molar-refractivity contribution is 0.308. The van der Waals surface area contributed by atoms with Crippen molar-refractivity contribution in [3.8, 4) is 5.75 Å². The fourth-order valence-electron chi connectivity index (χ4n) is 2.33. The summed E-state index contributed by atoms with van der Waals surface area (Å²) in [5.74, 6) is 2.23. The minimum atomic E-state index is 0.464. The first-order chi connectivity index (χ1) is 11.7. The van der Waals surface area contributed by atoms with Crippen LogP contribution in [0.2, 0.25) is 0 Å². The molecule has 0 aliphatic heterocycles. The Kier molecular flexibility index (Phi) is 7.65. The largest absolute Gasteiger partial charge is 0.493 e. The highest BCUT2D eigenvalue weighted by Gasteiger charge is 2.05. The summed E-state index contributed by atoms with van der Waals surface area (Å²) in [4.78, 5) is 0. The van der Waals surface area contributed by atoms with Crippen LogP contribution in [0.25, 0.3) is 0 Å². The van der Waals surface area contributed by atoms with Crippen molar-refractivity contribution in [1.29, 1.82) is 0 Å². The van der Waals surface area contributed by atoms with E-state index in [2.05, 4.69) is 40.8 Å². The van der Waals surface area contributed by atoms with E-state index in [-0.39, 0.29) is 0 Å². The first-order valence-corrected chi connectivity index (χ1v) is 9.04. The number of rotatable bonds is 9. The van der Waals surface area contributed by atoms with Gasteiger partial charge in [0, 0.05) is 17.9 Å². The van der Waals surface area contributed by atoms with Gasteiger partial charge in [0.25, 0.3) is 0 Å². The molecule has 0 unspecified atom stereocenters. The highest BCUT2D eigenvalue weighted by Crippen LogP contribution is 2.23. The Balaban J connectivity index is 1.84. The number of amidine groups is 1. The molecule has 0 saturated carbocycles. The summed E-state index contributed by atoms with van der Waals surface area (Å²) in [6, 6.07) is 16.6. The average Bonchev–Trinajstić information content (AvgIpc) is 2.60. The highest BCUT2D eigenvalue weighted by molar-refractivity contribution is 7.97. The average molecular weight is 343 g/mol. The zero-order chi connectivity index (χ0) is 17.2. The third-order valence-corrected chi connectivity index (χ3v) is 4.37. The predicted molar refractivity (Wildman–Crippen MR) is 103 cm³/mol. The molecule has 5 heteroatoms. The fourth-order valence-corrected chi connectivity index (χ4v) is 2.93. The minimum absolute atomic E-state index is 0.464. The molecular weight excluding hydrogens is 318 g/mol. The monoisotopic (exact) mass is 343 g/mol. The van der Waals surface area contributed by atoms with Crippen LogP contribution in [0.4, 0.5) is 0 Å². The molecule has 2 aromatic carbocycles. The van der Waals surface area contributed by atoms with E-state index in [1.165, 1.54) is 23.1 Å². The molecule has 24 heavy (non-hydrogen) atoms. The quantitative estimate of drug-likeness (QED) is 0.315. The van der Waals surface area contributed by atoms with Gasteiger partial charge < -0.3 is 16.2 Å². The van der Waals surface area contributed by atoms with Crippen molar-refractivity contribution >= 4 is 17.8 Å². The summed E-state index contributed by atoms with van der Waals surface area (Å²) in [6.07, 6.45) is 2.00. The SMILES string of the molecule is C/C(N)=N/SCc1ccc(OCCCc2ccccc2)c(CN)c1. The van der Waals surface area contributed by atoms with Crippen molar-refractivity contribution < 1.29 is 4.74 Å². The van der Waals surface area contributed by atoms with E-state index in [4.69, 9.17) is 16.2 Å².